The van der Waals surface area contributed by atoms with Crippen LogP contribution in [0.3, 0.4) is 0 Å². The van der Waals surface area contributed by atoms with Crippen LogP contribution in [-0.4, -0.2) is 45.8 Å². The number of hydrogen-bond donors (Lipinski definition) is 1. The Hall–Kier alpha value is 0.600. The van der Waals surface area contributed by atoms with Crippen LogP contribution in [0.2, 0.25) is 0 Å². The standard InChI is InChI=1S/C18H33N2.2HI/c1-7-16-12-13-17(18(15-16)19(3)4)11-9-10-14-20(5,6)8-2;;/h12-13,15H,7-11,14H2,1-6H3;2*1H/q+1;;/p-1. The summed E-state index contributed by atoms with van der Waals surface area (Å²) in [7, 11) is 9.11. The molecule has 0 aliphatic heterocycles. The fourth-order valence-corrected chi connectivity index (χ4v) is 2.54. The van der Waals surface area contributed by atoms with Gasteiger partial charge in [-0.15, -0.1) is 0 Å². The smallest absolute Gasteiger partial charge is 0.134 e. The first-order valence-corrected chi connectivity index (χ1v) is 8.14. The highest BCUT2D eigenvalue weighted by atomic mass is 127. The maximum absolute atomic E-state index is 2.39. The lowest BCUT2D eigenvalue weighted by atomic mass is 10.0. The van der Waals surface area contributed by atoms with E-state index in [-0.39, 0.29) is 48.0 Å². The Morgan fingerprint density at radius 1 is 1.00 bits per heavy atom. The molecule has 0 aliphatic rings. The van der Waals surface area contributed by atoms with E-state index in [4.69, 9.17) is 0 Å². The van der Waals surface area contributed by atoms with E-state index in [0.717, 1.165) is 10.9 Å². The molecule has 0 radical (unpaired) electrons. The minimum absolute atomic E-state index is 0. The van der Waals surface area contributed by atoms with Crippen molar-refractivity contribution in [2.45, 2.75) is 39.5 Å². The van der Waals surface area contributed by atoms with Crippen molar-refractivity contribution in [1.82, 2.24) is 0 Å². The van der Waals surface area contributed by atoms with E-state index in [2.05, 4.69) is 60.2 Å². The SMILES string of the molecule is CCc1ccc(CCCC[N+](C)(C)CC)c([NH+](C)C)c1.[I-].[I-]. The maximum atomic E-state index is 2.39. The number of rotatable bonds is 8. The molecule has 1 rings (SSSR count). The first-order chi connectivity index (χ1) is 9.39. The lowest BCUT2D eigenvalue weighted by Gasteiger charge is -2.28. The largest absolute Gasteiger partial charge is 1.00 e. The van der Waals surface area contributed by atoms with Gasteiger partial charge in [0.25, 0.3) is 0 Å². The summed E-state index contributed by atoms with van der Waals surface area (Å²) in [6, 6.07) is 7.03. The summed E-state index contributed by atoms with van der Waals surface area (Å²) in [6.07, 6.45) is 4.96. The molecule has 0 saturated heterocycles. The number of unbranched alkanes of at least 4 members (excludes halogenated alkanes) is 1. The molecule has 4 heteroatoms. The van der Waals surface area contributed by atoms with Gasteiger partial charge >= 0.3 is 0 Å². The highest BCUT2D eigenvalue weighted by molar-refractivity contribution is 5.43. The fraction of sp³-hybridized carbons (Fsp3) is 0.667. The Kier molecular flexibility index (Phi) is 13.6. The molecule has 22 heavy (non-hydrogen) atoms. The molecular formula is C18H34I2N2. The molecule has 1 N–H and O–H groups in total. The summed E-state index contributed by atoms with van der Waals surface area (Å²) >= 11 is 0. The summed E-state index contributed by atoms with van der Waals surface area (Å²) in [5.74, 6) is 0. The van der Waals surface area contributed by atoms with Crippen molar-refractivity contribution < 1.29 is 57.3 Å². The van der Waals surface area contributed by atoms with Gasteiger partial charge in [-0.2, -0.15) is 0 Å². The Morgan fingerprint density at radius 2 is 1.64 bits per heavy atom. The van der Waals surface area contributed by atoms with Crippen molar-refractivity contribution in [3.8, 4) is 0 Å². The third kappa shape index (κ3) is 8.45. The minimum atomic E-state index is 0. The third-order valence-corrected chi connectivity index (χ3v) is 4.44. The van der Waals surface area contributed by atoms with E-state index in [1.165, 1.54) is 54.1 Å². The lowest BCUT2D eigenvalue weighted by molar-refractivity contribution is -0.888. The molecule has 130 valence electrons. The zero-order chi connectivity index (χ0) is 15.2. The average Bonchev–Trinajstić information content (AvgIpc) is 2.43. The Morgan fingerprint density at radius 3 is 2.14 bits per heavy atom. The molecule has 0 aromatic heterocycles. The summed E-state index contributed by atoms with van der Waals surface area (Å²) in [5.41, 5.74) is 4.46. The normalized spacial score (nSPS) is 11.0. The van der Waals surface area contributed by atoms with Gasteiger partial charge in [0.05, 0.1) is 41.3 Å². The lowest BCUT2D eigenvalue weighted by Crippen LogP contribution is -3.00. The summed E-state index contributed by atoms with van der Waals surface area (Å²) in [5, 5.41) is 0. The zero-order valence-corrected chi connectivity index (χ0v) is 19.5. The molecule has 0 bridgehead atoms. The number of quaternary nitrogens is 2. The van der Waals surface area contributed by atoms with Gasteiger partial charge in [-0.1, -0.05) is 19.1 Å². The van der Waals surface area contributed by atoms with Crippen LogP contribution >= 0.6 is 0 Å². The third-order valence-electron chi connectivity index (χ3n) is 4.44. The Bertz CT molecular complexity index is 418. The first kappa shape index (κ1) is 24.8. The molecular weight excluding hydrogens is 498 g/mol. The van der Waals surface area contributed by atoms with Crippen LogP contribution in [0.1, 0.15) is 37.8 Å². The van der Waals surface area contributed by atoms with Gasteiger partial charge in [0.15, 0.2) is 0 Å². The molecule has 1 aromatic carbocycles. The van der Waals surface area contributed by atoms with Gasteiger partial charge in [-0.25, -0.2) is 0 Å². The minimum Gasteiger partial charge on any atom is -1.00 e. The predicted molar refractivity (Wildman–Crippen MR) is 88.7 cm³/mol. The van der Waals surface area contributed by atoms with Crippen molar-refractivity contribution in [3.05, 3.63) is 29.3 Å². The number of halogens is 2. The van der Waals surface area contributed by atoms with Crippen molar-refractivity contribution in [3.63, 3.8) is 0 Å². The fourth-order valence-electron chi connectivity index (χ4n) is 2.54. The number of aryl methyl sites for hydroxylation is 2. The number of hydrogen-bond acceptors (Lipinski definition) is 0. The van der Waals surface area contributed by atoms with Crippen LogP contribution in [0.5, 0.6) is 0 Å². The van der Waals surface area contributed by atoms with E-state index in [9.17, 15) is 0 Å². The molecule has 0 unspecified atom stereocenters. The molecule has 0 atom stereocenters. The summed E-state index contributed by atoms with van der Waals surface area (Å²) in [6.45, 7) is 7.01. The summed E-state index contributed by atoms with van der Waals surface area (Å²) < 4.78 is 1.14. The second-order valence-electron chi connectivity index (χ2n) is 6.78. The van der Waals surface area contributed by atoms with E-state index in [0.29, 0.717) is 0 Å². The molecule has 2 nitrogen and oxygen atoms in total. The summed E-state index contributed by atoms with van der Waals surface area (Å²) in [4.78, 5) is 1.44. The second-order valence-corrected chi connectivity index (χ2v) is 6.78. The predicted octanol–water partition coefficient (Wildman–Crippen LogP) is -3.55. The van der Waals surface area contributed by atoms with E-state index in [1.54, 1.807) is 0 Å². The van der Waals surface area contributed by atoms with Crippen LogP contribution in [-0.2, 0) is 12.8 Å². The van der Waals surface area contributed by atoms with Gasteiger partial charge in [0, 0.05) is 11.6 Å². The highest BCUT2D eigenvalue weighted by Gasteiger charge is 2.13. The first-order valence-electron chi connectivity index (χ1n) is 8.14. The van der Waals surface area contributed by atoms with E-state index < -0.39 is 0 Å². The van der Waals surface area contributed by atoms with Crippen LogP contribution in [0.25, 0.3) is 0 Å². The van der Waals surface area contributed by atoms with Crippen molar-refractivity contribution in [2.75, 3.05) is 41.3 Å². The molecule has 1 aromatic rings. The number of benzene rings is 1. The molecule has 0 saturated carbocycles. The van der Waals surface area contributed by atoms with Gasteiger partial charge < -0.3 is 57.3 Å². The topological polar surface area (TPSA) is 4.44 Å². The molecule has 0 amide bonds. The van der Waals surface area contributed by atoms with Gasteiger partial charge in [0.1, 0.15) is 5.69 Å². The molecule has 0 heterocycles. The van der Waals surface area contributed by atoms with E-state index in [1.807, 2.05) is 0 Å². The van der Waals surface area contributed by atoms with Gasteiger partial charge in [-0.3, -0.25) is 0 Å². The second kappa shape index (κ2) is 12.0. The van der Waals surface area contributed by atoms with Gasteiger partial charge in [0.2, 0.25) is 0 Å². The molecule has 0 aliphatic carbocycles. The molecule has 0 fully saturated rings. The Balaban J connectivity index is 0. The van der Waals surface area contributed by atoms with Crippen molar-refractivity contribution in [1.29, 1.82) is 0 Å². The zero-order valence-electron chi connectivity index (χ0n) is 15.2. The Labute approximate surface area is 172 Å². The van der Waals surface area contributed by atoms with Crippen molar-refractivity contribution in [2.24, 2.45) is 0 Å². The number of nitrogens with zero attached hydrogens (tertiary/aromatic N) is 1. The van der Waals surface area contributed by atoms with Crippen LogP contribution < -0.4 is 52.9 Å². The van der Waals surface area contributed by atoms with E-state index >= 15 is 0 Å². The van der Waals surface area contributed by atoms with Gasteiger partial charge in [-0.05, 0) is 38.2 Å². The quantitative estimate of drug-likeness (QED) is 0.201. The number of nitrogens with one attached hydrogen (secondary N) is 1. The van der Waals surface area contributed by atoms with Crippen LogP contribution in [0, 0.1) is 0 Å². The average molecular weight is 532 g/mol. The van der Waals surface area contributed by atoms with Crippen LogP contribution in [0.4, 0.5) is 5.69 Å². The molecule has 0 spiro atoms. The monoisotopic (exact) mass is 532 g/mol. The highest BCUT2D eigenvalue weighted by Crippen LogP contribution is 2.17. The maximum Gasteiger partial charge on any atom is 0.134 e. The van der Waals surface area contributed by atoms with Crippen LogP contribution in [0.15, 0.2) is 18.2 Å². The van der Waals surface area contributed by atoms with Crippen molar-refractivity contribution >= 4 is 5.69 Å².